The molecule has 0 aromatic rings. The lowest BCUT2D eigenvalue weighted by Gasteiger charge is -2.42. The Morgan fingerprint density at radius 3 is 2.53 bits per heavy atom. The number of nitrogens with zero attached hydrogens (tertiary/aromatic N) is 1. The van der Waals surface area contributed by atoms with Crippen molar-refractivity contribution in [2.45, 2.75) is 32.7 Å². The van der Waals surface area contributed by atoms with Crippen LogP contribution in [0.2, 0.25) is 0 Å². The molecule has 17 heavy (non-hydrogen) atoms. The first kappa shape index (κ1) is 14.7. The quantitative estimate of drug-likeness (QED) is 0.688. The maximum absolute atomic E-state index is 5.46. The van der Waals surface area contributed by atoms with Gasteiger partial charge in [-0.2, -0.15) is 0 Å². The second kappa shape index (κ2) is 7.14. The van der Waals surface area contributed by atoms with Gasteiger partial charge in [-0.1, -0.05) is 6.08 Å². The minimum absolute atomic E-state index is 0.327. The van der Waals surface area contributed by atoms with E-state index in [4.69, 9.17) is 4.74 Å². The van der Waals surface area contributed by atoms with Crippen molar-refractivity contribution in [1.29, 1.82) is 0 Å². The Kier molecular flexibility index (Phi) is 6.17. The van der Waals surface area contributed by atoms with E-state index in [1.807, 2.05) is 13.2 Å². The molecule has 1 N–H and O–H groups in total. The third-order valence-electron chi connectivity index (χ3n) is 3.75. The molecule has 1 saturated heterocycles. The Morgan fingerprint density at radius 2 is 2.06 bits per heavy atom. The Morgan fingerprint density at radius 1 is 1.41 bits per heavy atom. The first-order chi connectivity index (χ1) is 8.13. The fourth-order valence-corrected chi connectivity index (χ4v) is 2.67. The minimum Gasteiger partial charge on any atom is -0.384 e. The molecular formula is C14H28N2O. The molecule has 0 saturated carbocycles. The fourth-order valence-electron chi connectivity index (χ4n) is 2.67. The number of piperidine rings is 1. The average Bonchev–Trinajstić information content (AvgIpc) is 2.30. The summed E-state index contributed by atoms with van der Waals surface area (Å²) in [6.07, 6.45) is 4.42. The molecule has 0 aromatic carbocycles. The number of nitrogens with one attached hydrogen (secondary N) is 1. The van der Waals surface area contributed by atoms with Crippen LogP contribution in [0.4, 0.5) is 0 Å². The maximum Gasteiger partial charge on any atom is 0.0531 e. The van der Waals surface area contributed by atoms with Crippen molar-refractivity contribution in [3.05, 3.63) is 12.7 Å². The summed E-state index contributed by atoms with van der Waals surface area (Å²) in [6, 6.07) is 0.566. The standard InChI is InChI=1S/C14H28N2O/c1-5-10-16(13(2)3)11-14(12-17-4)6-8-15-9-7-14/h5,13,15H,1,6-12H2,2-4H3. The summed E-state index contributed by atoms with van der Waals surface area (Å²) in [5.74, 6) is 0. The van der Waals surface area contributed by atoms with Crippen LogP contribution in [0.15, 0.2) is 12.7 Å². The van der Waals surface area contributed by atoms with Crippen LogP contribution in [0, 0.1) is 5.41 Å². The van der Waals surface area contributed by atoms with Gasteiger partial charge in [-0.3, -0.25) is 4.90 Å². The maximum atomic E-state index is 5.46. The first-order valence-electron chi connectivity index (χ1n) is 6.68. The van der Waals surface area contributed by atoms with Crippen molar-refractivity contribution in [3.63, 3.8) is 0 Å². The molecule has 3 heteroatoms. The lowest BCUT2D eigenvalue weighted by molar-refractivity contribution is 0.0178. The van der Waals surface area contributed by atoms with Gasteiger partial charge in [-0.25, -0.2) is 0 Å². The molecule has 0 radical (unpaired) electrons. The van der Waals surface area contributed by atoms with E-state index in [9.17, 15) is 0 Å². The Bertz CT molecular complexity index is 217. The van der Waals surface area contributed by atoms with Gasteiger partial charge >= 0.3 is 0 Å². The van der Waals surface area contributed by atoms with Crippen LogP contribution < -0.4 is 5.32 Å². The smallest absolute Gasteiger partial charge is 0.0531 e. The van der Waals surface area contributed by atoms with E-state index >= 15 is 0 Å². The molecule has 1 rings (SSSR count). The Labute approximate surface area is 106 Å². The van der Waals surface area contributed by atoms with Crippen LogP contribution in [-0.2, 0) is 4.74 Å². The molecule has 0 aromatic heterocycles. The van der Waals surface area contributed by atoms with Crippen LogP contribution in [0.25, 0.3) is 0 Å². The number of methoxy groups -OCH3 is 1. The summed E-state index contributed by atoms with van der Waals surface area (Å²) >= 11 is 0. The van der Waals surface area contributed by atoms with E-state index in [2.05, 4.69) is 30.6 Å². The van der Waals surface area contributed by atoms with Crippen LogP contribution in [-0.4, -0.2) is 50.8 Å². The average molecular weight is 240 g/mol. The van der Waals surface area contributed by atoms with Gasteiger partial charge < -0.3 is 10.1 Å². The van der Waals surface area contributed by atoms with Crippen molar-refractivity contribution in [2.24, 2.45) is 5.41 Å². The lowest BCUT2D eigenvalue weighted by atomic mass is 9.79. The Balaban J connectivity index is 2.65. The van der Waals surface area contributed by atoms with E-state index < -0.39 is 0 Å². The monoisotopic (exact) mass is 240 g/mol. The SMILES string of the molecule is C=CCN(CC1(COC)CCNCC1)C(C)C. The van der Waals surface area contributed by atoms with Crippen molar-refractivity contribution >= 4 is 0 Å². The molecule has 1 heterocycles. The van der Waals surface area contributed by atoms with Gasteiger partial charge in [0.15, 0.2) is 0 Å². The highest BCUT2D eigenvalue weighted by molar-refractivity contribution is 4.89. The number of rotatable bonds is 7. The van der Waals surface area contributed by atoms with E-state index in [1.165, 1.54) is 12.8 Å². The molecule has 0 bridgehead atoms. The van der Waals surface area contributed by atoms with Crippen LogP contribution in [0.5, 0.6) is 0 Å². The zero-order valence-electron chi connectivity index (χ0n) is 11.7. The van der Waals surface area contributed by atoms with Crippen LogP contribution >= 0.6 is 0 Å². The van der Waals surface area contributed by atoms with Gasteiger partial charge in [0.25, 0.3) is 0 Å². The van der Waals surface area contributed by atoms with Gasteiger partial charge in [0.1, 0.15) is 0 Å². The Hall–Kier alpha value is -0.380. The van der Waals surface area contributed by atoms with Crippen molar-refractivity contribution in [1.82, 2.24) is 10.2 Å². The molecule has 0 amide bonds. The summed E-state index contributed by atoms with van der Waals surface area (Å²) in [4.78, 5) is 2.50. The zero-order chi connectivity index (χ0) is 12.7. The third-order valence-corrected chi connectivity index (χ3v) is 3.75. The van der Waals surface area contributed by atoms with E-state index in [1.54, 1.807) is 0 Å². The van der Waals surface area contributed by atoms with Crippen molar-refractivity contribution < 1.29 is 4.74 Å². The summed E-state index contributed by atoms with van der Waals surface area (Å²) in [7, 11) is 1.82. The second-order valence-electron chi connectivity index (χ2n) is 5.49. The van der Waals surface area contributed by atoms with E-state index in [0.717, 1.165) is 32.8 Å². The highest BCUT2D eigenvalue weighted by Gasteiger charge is 2.34. The molecule has 1 aliphatic rings. The highest BCUT2D eigenvalue weighted by atomic mass is 16.5. The highest BCUT2D eigenvalue weighted by Crippen LogP contribution is 2.30. The predicted octanol–water partition coefficient (Wildman–Crippen LogP) is 1.90. The van der Waals surface area contributed by atoms with E-state index in [0.29, 0.717) is 11.5 Å². The molecule has 1 aliphatic heterocycles. The van der Waals surface area contributed by atoms with Gasteiger partial charge in [0.2, 0.25) is 0 Å². The molecule has 0 spiro atoms. The molecule has 0 atom stereocenters. The van der Waals surface area contributed by atoms with Gasteiger partial charge in [0.05, 0.1) is 6.61 Å². The fraction of sp³-hybridized carbons (Fsp3) is 0.857. The van der Waals surface area contributed by atoms with Crippen LogP contribution in [0.1, 0.15) is 26.7 Å². The topological polar surface area (TPSA) is 24.5 Å². The second-order valence-corrected chi connectivity index (χ2v) is 5.49. The zero-order valence-corrected chi connectivity index (χ0v) is 11.7. The van der Waals surface area contributed by atoms with Gasteiger partial charge in [-0.05, 0) is 39.8 Å². The first-order valence-corrected chi connectivity index (χ1v) is 6.68. The largest absolute Gasteiger partial charge is 0.384 e. The van der Waals surface area contributed by atoms with E-state index in [-0.39, 0.29) is 0 Å². The third kappa shape index (κ3) is 4.41. The number of ether oxygens (including phenoxy) is 1. The summed E-state index contributed by atoms with van der Waals surface area (Å²) in [5.41, 5.74) is 0.327. The molecule has 0 unspecified atom stereocenters. The summed E-state index contributed by atoms with van der Waals surface area (Å²) in [6.45, 7) is 13.6. The summed E-state index contributed by atoms with van der Waals surface area (Å²) < 4.78 is 5.46. The molecule has 100 valence electrons. The summed E-state index contributed by atoms with van der Waals surface area (Å²) in [5, 5.41) is 3.44. The van der Waals surface area contributed by atoms with Crippen molar-refractivity contribution in [3.8, 4) is 0 Å². The van der Waals surface area contributed by atoms with Crippen molar-refractivity contribution in [2.75, 3.05) is 39.9 Å². The van der Waals surface area contributed by atoms with Gasteiger partial charge in [-0.15, -0.1) is 6.58 Å². The van der Waals surface area contributed by atoms with Crippen LogP contribution in [0.3, 0.4) is 0 Å². The molecular weight excluding hydrogens is 212 g/mol. The molecule has 1 fully saturated rings. The molecule has 3 nitrogen and oxygen atoms in total. The number of hydrogen-bond donors (Lipinski definition) is 1. The minimum atomic E-state index is 0.327. The number of hydrogen-bond acceptors (Lipinski definition) is 3. The predicted molar refractivity (Wildman–Crippen MR) is 73.3 cm³/mol. The molecule has 0 aliphatic carbocycles. The lowest BCUT2D eigenvalue weighted by Crippen LogP contribution is -2.49. The van der Waals surface area contributed by atoms with Gasteiger partial charge in [0, 0.05) is 31.7 Å². The normalized spacial score (nSPS) is 19.8.